The van der Waals surface area contributed by atoms with E-state index in [4.69, 9.17) is 31.9 Å². The topological polar surface area (TPSA) is 143 Å². The normalized spacial score (nSPS) is 14.2. The Morgan fingerprint density at radius 2 is 1.04 bits per heavy atom. The fourth-order valence-electron chi connectivity index (χ4n) is 3.17. The van der Waals surface area contributed by atoms with Gasteiger partial charge in [0.25, 0.3) is 0 Å². The van der Waals surface area contributed by atoms with E-state index in [2.05, 4.69) is 0 Å². The van der Waals surface area contributed by atoms with Crippen LogP contribution in [0.15, 0.2) is 23.3 Å². The highest BCUT2D eigenvalue weighted by atomic mass is 14.5. The molecule has 24 heavy (non-hydrogen) atoms. The molecule has 110 valence electrons. The Balaban J connectivity index is 2.31. The molecule has 0 atom stereocenters. The van der Waals surface area contributed by atoms with Crippen molar-refractivity contribution in [3.63, 3.8) is 0 Å². The summed E-state index contributed by atoms with van der Waals surface area (Å²) in [4.78, 5) is 0. The minimum Gasteiger partial charge on any atom is -0.304 e. The minimum atomic E-state index is -0.0997. The maximum absolute atomic E-state index is 9.10. The molecule has 2 N–H and O–H groups in total. The van der Waals surface area contributed by atoms with Crippen LogP contribution in [0.25, 0.3) is 11.1 Å². The van der Waals surface area contributed by atoms with Gasteiger partial charge in [-0.15, -0.1) is 0 Å². The summed E-state index contributed by atoms with van der Waals surface area (Å²) in [5.41, 5.74) is 3.71. The first-order valence-corrected chi connectivity index (χ1v) is 6.96. The summed E-state index contributed by atoms with van der Waals surface area (Å²) in [6, 6.07) is 10.8. The van der Waals surface area contributed by atoms with Gasteiger partial charge in [0.15, 0.2) is 0 Å². The number of nitrogens with zero attached hydrogens (tertiary/aromatic N) is 4. The van der Waals surface area contributed by atoms with Crippen LogP contribution in [0.2, 0.25) is 0 Å². The molecule has 0 unspecified atom stereocenters. The quantitative estimate of drug-likeness (QED) is 0.709. The van der Waals surface area contributed by atoms with Crippen LogP contribution < -0.4 is 0 Å². The van der Waals surface area contributed by atoms with E-state index in [0.29, 0.717) is 22.3 Å². The Kier molecular flexibility index (Phi) is 3.31. The summed E-state index contributed by atoms with van der Waals surface area (Å²) in [7, 11) is 0. The van der Waals surface area contributed by atoms with Crippen molar-refractivity contribution in [3.05, 3.63) is 45.5 Å². The molecule has 1 aromatic carbocycles. The van der Waals surface area contributed by atoms with E-state index < -0.39 is 0 Å². The number of allylic oxidation sites excluding steroid dienone is 4. The molecular weight excluding hydrogens is 300 g/mol. The van der Waals surface area contributed by atoms with Gasteiger partial charge in [0.1, 0.15) is 35.4 Å². The largest absolute Gasteiger partial charge is 0.304 e. The van der Waals surface area contributed by atoms with Gasteiger partial charge in [-0.3, -0.25) is 0 Å². The molecule has 3 rings (SSSR count). The molecule has 0 fully saturated rings. The van der Waals surface area contributed by atoms with Crippen molar-refractivity contribution in [2.75, 3.05) is 0 Å². The highest BCUT2D eigenvalue weighted by Gasteiger charge is 2.31. The van der Waals surface area contributed by atoms with Gasteiger partial charge in [-0.1, -0.05) is 0 Å². The molecule has 0 aromatic heterocycles. The second-order valence-electron chi connectivity index (χ2n) is 5.42. The number of rotatable bonds is 0. The SMILES string of the molecule is N#CC(C#N)=C1C(=N)Cc2cc3c(cc21)CC(=N)C3=C(C#N)C#N. The van der Waals surface area contributed by atoms with Gasteiger partial charge in [0, 0.05) is 35.4 Å². The minimum absolute atomic E-state index is 0.0997. The van der Waals surface area contributed by atoms with E-state index in [1.807, 2.05) is 24.3 Å². The van der Waals surface area contributed by atoms with Gasteiger partial charge in [-0.2, -0.15) is 21.0 Å². The van der Waals surface area contributed by atoms with E-state index in [1.165, 1.54) is 0 Å². The molecule has 0 saturated heterocycles. The Bertz CT molecular complexity index is 951. The van der Waals surface area contributed by atoms with Crippen molar-refractivity contribution < 1.29 is 0 Å². The van der Waals surface area contributed by atoms with E-state index in [0.717, 1.165) is 11.1 Å². The highest BCUT2D eigenvalue weighted by molar-refractivity contribution is 6.31. The molecule has 2 aliphatic rings. The molecule has 0 spiro atoms. The first-order valence-electron chi connectivity index (χ1n) is 6.96. The number of fused-ring (bicyclic) bond motifs is 2. The van der Waals surface area contributed by atoms with Crippen LogP contribution in [0.3, 0.4) is 0 Å². The van der Waals surface area contributed by atoms with Crippen LogP contribution in [0, 0.1) is 56.1 Å². The van der Waals surface area contributed by atoms with Gasteiger partial charge in [0.2, 0.25) is 0 Å². The third-order valence-electron chi connectivity index (χ3n) is 4.15. The number of hydrogen-bond donors (Lipinski definition) is 2. The van der Waals surface area contributed by atoms with Crippen LogP contribution >= 0.6 is 0 Å². The number of hydrogen-bond acceptors (Lipinski definition) is 6. The fourth-order valence-corrected chi connectivity index (χ4v) is 3.17. The monoisotopic (exact) mass is 308 g/mol. The molecular formula is C18H8N6. The predicted molar refractivity (Wildman–Crippen MR) is 85.6 cm³/mol. The lowest BCUT2D eigenvalue weighted by Gasteiger charge is -2.06. The lowest BCUT2D eigenvalue weighted by Crippen LogP contribution is -1.97. The summed E-state index contributed by atoms with van der Waals surface area (Å²) >= 11 is 0. The van der Waals surface area contributed by atoms with E-state index in [9.17, 15) is 0 Å². The predicted octanol–water partition coefficient (Wildman–Crippen LogP) is 2.44. The number of benzene rings is 1. The summed E-state index contributed by atoms with van der Waals surface area (Å²) in [6.45, 7) is 0. The smallest absolute Gasteiger partial charge is 0.139 e. The zero-order valence-electron chi connectivity index (χ0n) is 12.4. The first kappa shape index (κ1) is 14.9. The van der Waals surface area contributed by atoms with Crippen molar-refractivity contribution in [2.24, 2.45) is 0 Å². The van der Waals surface area contributed by atoms with Crippen molar-refractivity contribution in [1.82, 2.24) is 0 Å². The van der Waals surface area contributed by atoms with E-state index in [1.54, 1.807) is 12.1 Å². The van der Waals surface area contributed by atoms with E-state index >= 15 is 0 Å². The van der Waals surface area contributed by atoms with Gasteiger partial charge in [-0.05, 0) is 34.4 Å². The van der Waals surface area contributed by atoms with Gasteiger partial charge >= 0.3 is 0 Å². The maximum atomic E-state index is 9.10. The van der Waals surface area contributed by atoms with Gasteiger partial charge in [-0.25, -0.2) is 0 Å². The molecule has 6 heteroatoms. The molecule has 0 saturated carbocycles. The number of nitrogens with one attached hydrogen (secondary N) is 2. The summed E-state index contributed by atoms with van der Waals surface area (Å²) < 4.78 is 0. The Labute approximate surface area is 137 Å². The molecule has 2 aliphatic carbocycles. The fraction of sp³-hybridized carbons (Fsp3) is 0.111. The Morgan fingerprint density at radius 1 is 0.708 bits per heavy atom. The third-order valence-corrected chi connectivity index (χ3v) is 4.15. The van der Waals surface area contributed by atoms with Crippen molar-refractivity contribution in [1.29, 1.82) is 31.9 Å². The highest BCUT2D eigenvalue weighted by Crippen LogP contribution is 2.40. The molecule has 0 aliphatic heterocycles. The molecule has 6 nitrogen and oxygen atoms in total. The molecule has 1 aromatic rings. The molecule has 0 bridgehead atoms. The average molecular weight is 308 g/mol. The summed E-state index contributed by atoms with van der Waals surface area (Å²) in [5, 5.41) is 52.6. The lowest BCUT2D eigenvalue weighted by molar-refractivity contribution is 1.28. The third kappa shape index (κ3) is 1.92. The number of nitriles is 4. The second-order valence-corrected chi connectivity index (χ2v) is 5.42. The van der Waals surface area contributed by atoms with Crippen LogP contribution in [0.4, 0.5) is 0 Å². The van der Waals surface area contributed by atoms with Crippen LogP contribution in [-0.2, 0) is 12.8 Å². The second kappa shape index (κ2) is 5.33. The van der Waals surface area contributed by atoms with Crippen LogP contribution in [0.5, 0.6) is 0 Å². The van der Waals surface area contributed by atoms with E-state index in [-0.39, 0.29) is 35.4 Å². The van der Waals surface area contributed by atoms with Crippen LogP contribution in [-0.4, -0.2) is 11.4 Å². The maximum Gasteiger partial charge on any atom is 0.139 e. The molecule has 0 heterocycles. The van der Waals surface area contributed by atoms with Crippen molar-refractivity contribution in [3.8, 4) is 24.3 Å². The zero-order chi connectivity index (χ0) is 17.4. The van der Waals surface area contributed by atoms with Crippen molar-refractivity contribution in [2.45, 2.75) is 12.8 Å². The van der Waals surface area contributed by atoms with Crippen molar-refractivity contribution >= 4 is 22.6 Å². The van der Waals surface area contributed by atoms with Crippen LogP contribution in [0.1, 0.15) is 22.3 Å². The Morgan fingerprint density at radius 3 is 1.33 bits per heavy atom. The first-order chi connectivity index (χ1) is 11.5. The van der Waals surface area contributed by atoms with Gasteiger partial charge < -0.3 is 10.8 Å². The Hall–Kier alpha value is -4.00. The average Bonchev–Trinajstić information content (AvgIpc) is 3.05. The summed E-state index contributed by atoms with van der Waals surface area (Å²) in [6.07, 6.45) is 0.555. The molecule has 0 radical (unpaired) electrons. The lowest BCUT2D eigenvalue weighted by atomic mass is 9.95. The molecule has 0 amide bonds. The van der Waals surface area contributed by atoms with Gasteiger partial charge in [0.05, 0.1) is 0 Å². The summed E-state index contributed by atoms with van der Waals surface area (Å²) in [5.74, 6) is 0. The standard InChI is InChI=1S/C18H8N6/c19-5-11(6-20)17-13-1-9-3-15(23)18(12(7-21)8-22)14(9)2-10(13)4-16(17)24/h1-2,23-24H,3-4H2. The zero-order valence-corrected chi connectivity index (χ0v) is 12.4.